The van der Waals surface area contributed by atoms with E-state index in [1.807, 2.05) is 41.2 Å². The number of para-hydroxylation sites is 1. The smallest absolute Gasteiger partial charge is 0.340 e. The van der Waals surface area contributed by atoms with Crippen LogP contribution in [0.5, 0.6) is 0 Å². The first kappa shape index (κ1) is 11.0. The summed E-state index contributed by atoms with van der Waals surface area (Å²) in [7, 11) is 1.38. The van der Waals surface area contributed by atoms with E-state index < -0.39 is 0 Å². The molecule has 1 aromatic carbocycles. The normalized spacial score (nSPS) is 10.1. The predicted molar refractivity (Wildman–Crippen MR) is 64.8 cm³/mol. The third kappa shape index (κ3) is 1.88. The summed E-state index contributed by atoms with van der Waals surface area (Å²) in [6.07, 6.45) is 3.76. The molecule has 1 aromatic heterocycles. The first-order chi connectivity index (χ1) is 7.74. The number of aromatic nitrogens is 1. The first-order valence-electron chi connectivity index (χ1n) is 4.74. The molecule has 82 valence electrons. The number of ether oxygens (including phenoxy) is 1. The summed E-state index contributed by atoms with van der Waals surface area (Å²) in [5.74, 6) is -0.343. The maximum atomic E-state index is 11.6. The third-order valence-corrected chi connectivity index (χ3v) is 2.89. The molecule has 0 fully saturated rings. The highest BCUT2D eigenvalue weighted by molar-refractivity contribution is 9.10. The number of hydrogen-bond donors (Lipinski definition) is 0. The van der Waals surface area contributed by atoms with Crippen molar-refractivity contribution >= 4 is 21.9 Å². The number of carbonyl (C=O) groups excluding carboxylic acids is 1. The molecule has 1 heterocycles. The Morgan fingerprint density at radius 2 is 1.94 bits per heavy atom. The van der Waals surface area contributed by atoms with Gasteiger partial charge in [-0.3, -0.25) is 0 Å². The summed E-state index contributed by atoms with van der Waals surface area (Å²) in [5, 5.41) is 0. The second kappa shape index (κ2) is 4.53. The van der Waals surface area contributed by atoms with Crippen LogP contribution in [0.3, 0.4) is 0 Å². The van der Waals surface area contributed by atoms with Crippen molar-refractivity contribution in [1.29, 1.82) is 0 Å². The molecule has 0 aliphatic carbocycles. The number of benzene rings is 1. The lowest BCUT2D eigenvalue weighted by Gasteiger charge is -2.10. The molecular formula is C12H10BrNO2. The molecule has 0 aliphatic heterocycles. The minimum Gasteiger partial charge on any atom is -0.465 e. The molecule has 0 saturated heterocycles. The summed E-state index contributed by atoms with van der Waals surface area (Å²) >= 11 is 3.44. The summed E-state index contributed by atoms with van der Waals surface area (Å²) in [6, 6.07) is 9.25. The van der Waals surface area contributed by atoms with Crippen molar-refractivity contribution in [2.75, 3.05) is 7.11 Å². The van der Waals surface area contributed by atoms with Crippen molar-refractivity contribution in [2.24, 2.45) is 0 Å². The fourth-order valence-electron chi connectivity index (χ4n) is 1.54. The molecule has 0 unspecified atom stereocenters. The van der Waals surface area contributed by atoms with Crippen molar-refractivity contribution in [3.05, 3.63) is 52.8 Å². The second-order valence-electron chi connectivity index (χ2n) is 3.22. The zero-order valence-electron chi connectivity index (χ0n) is 8.68. The van der Waals surface area contributed by atoms with Crippen LogP contribution in [-0.2, 0) is 4.74 Å². The van der Waals surface area contributed by atoms with E-state index in [1.54, 1.807) is 6.07 Å². The van der Waals surface area contributed by atoms with Crippen LogP contribution in [-0.4, -0.2) is 17.6 Å². The van der Waals surface area contributed by atoms with Gasteiger partial charge in [0, 0.05) is 16.9 Å². The van der Waals surface area contributed by atoms with Gasteiger partial charge >= 0.3 is 5.97 Å². The maximum Gasteiger partial charge on any atom is 0.340 e. The number of halogens is 1. The second-order valence-corrected chi connectivity index (χ2v) is 4.07. The van der Waals surface area contributed by atoms with Gasteiger partial charge in [-0.2, -0.15) is 0 Å². The molecule has 0 amide bonds. The van der Waals surface area contributed by atoms with Crippen LogP contribution < -0.4 is 0 Å². The quantitative estimate of drug-likeness (QED) is 0.792. The Hall–Kier alpha value is -1.55. The molecule has 4 heteroatoms. The lowest BCUT2D eigenvalue weighted by Crippen LogP contribution is -2.07. The van der Waals surface area contributed by atoms with Crippen molar-refractivity contribution < 1.29 is 9.53 Å². The lowest BCUT2D eigenvalue weighted by atomic mass is 10.2. The molecule has 0 N–H and O–H groups in total. The lowest BCUT2D eigenvalue weighted by molar-refractivity contribution is 0.0600. The van der Waals surface area contributed by atoms with Gasteiger partial charge in [-0.25, -0.2) is 4.79 Å². The van der Waals surface area contributed by atoms with Gasteiger partial charge in [0.25, 0.3) is 0 Å². The Bertz CT molecular complexity index is 506. The van der Waals surface area contributed by atoms with Gasteiger partial charge in [-0.1, -0.05) is 6.07 Å². The zero-order chi connectivity index (χ0) is 11.5. The van der Waals surface area contributed by atoms with E-state index in [9.17, 15) is 4.79 Å². The van der Waals surface area contributed by atoms with Gasteiger partial charge < -0.3 is 9.30 Å². The predicted octanol–water partition coefficient (Wildman–Crippen LogP) is 3.03. The van der Waals surface area contributed by atoms with Crippen LogP contribution in [0.25, 0.3) is 5.69 Å². The molecule has 2 aromatic rings. The van der Waals surface area contributed by atoms with E-state index in [0.29, 0.717) is 5.56 Å². The van der Waals surface area contributed by atoms with Crippen molar-refractivity contribution in [3.8, 4) is 5.69 Å². The van der Waals surface area contributed by atoms with Crippen molar-refractivity contribution in [1.82, 2.24) is 4.57 Å². The SMILES string of the molecule is COC(=O)c1cccc(Br)c1-n1cccc1. The first-order valence-corrected chi connectivity index (χ1v) is 5.53. The van der Waals surface area contributed by atoms with Crippen LogP contribution in [0.15, 0.2) is 47.2 Å². The van der Waals surface area contributed by atoms with Gasteiger partial charge in [0.2, 0.25) is 0 Å². The van der Waals surface area contributed by atoms with E-state index in [0.717, 1.165) is 10.2 Å². The van der Waals surface area contributed by atoms with E-state index in [2.05, 4.69) is 15.9 Å². The number of rotatable bonds is 2. The standard InChI is InChI=1S/C12H10BrNO2/c1-16-12(15)9-5-4-6-10(13)11(9)14-7-2-3-8-14/h2-8H,1H3. The Balaban J connectivity index is 2.62. The molecule has 0 aliphatic rings. The minimum absolute atomic E-state index is 0.343. The van der Waals surface area contributed by atoms with Crippen LogP contribution in [0.2, 0.25) is 0 Å². The van der Waals surface area contributed by atoms with Gasteiger partial charge in [0.05, 0.1) is 18.4 Å². The van der Waals surface area contributed by atoms with Gasteiger partial charge in [-0.05, 0) is 40.2 Å². The highest BCUT2D eigenvalue weighted by atomic mass is 79.9. The Morgan fingerprint density at radius 3 is 2.56 bits per heavy atom. The highest BCUT2D eigenvalue weighted by Gasteiger charge is 2.14. The summed E-state index contributed by atoms with van der Waals surface area (Å²) in [4.78, 5) is 11.6. The molecule has 0 atom stereocenters. The van der Waals surface area contributed by atoms with Crippen LogP contribution in [0, 0.1) is 0 Å². The molecule has 0 spiro atoms. The summed E-state index contributed by atoms with van der Waals surface area (Å²) in [6.45, 7) is 0. The molecule has 2 rings (SSSR count). The number of nitrogens with zero attached hydrogens (tertiary/aromatic N) is 1. The Morgan fingerprint density at radius 1 is 1.25 bits per heavy atom. The molecule has 0 saturated carbocycles. The third-order valence-electron chi connectivity index (χ3n) is 2.25. The highest BCUT2D eigenvalue weighted by Crippen LogP contribution is 2.25. The average Bonchev–Trinajstić information content (AvgIpc) is 2.81. The van der Waals surface area contributed by atoms with Gasteiger partial charge in [0.1, 0.15) is 0 Å². The minimum atomic E-state index is -0.343. The largest absolute Gasteiger partial charge is 0.465 e. The zero-order valence-corrected chi connectivity index (χ0v) is 10.3. The van der Waals surface area contributed by atoms with E-state index >= 15 is 0 Å². The van der Waals surface area contributed by atoms with Crippen LogP contribution >= 0.6 is 15.9 Å². The van der Waals surface area contributed by atoms with E-state index in [1.165, 1.54) is 7.11 Å². The van der Waals surface area contributed by atoms with Crippen LogP contribution in [0.4, 0.5) is 0 Å². The Labute approximate surface area is 102 Å². The Kier molecular flexibility index (Phi) is 3.10. The molecule has 0 bridgehead atoms. The average molecular weight is 280 g/mol. The monoisotopic (exact) mass is 279 g/mol. The number of hydrogen-bond acceptors (Lipinski definition) is 2. The van der Waals surface area contributed by atoms with Gasteiger partial charge in [-0.15, -0.1) is 0 Å². The fourth-order valence-corrected chi connectivity index (χ4v) is 2.11. The van der Waals surface area contributed by atoms with Crippen molar-refractivity contribution in [3.63, 3.8) is 0 Å². The van der Waals surface area contributed by atoms with Crippen molar-refractivity contribution in [2.45, 2.75) is 0 Å². The number of esters is 1. The fraction of sp³-hybridized carbons (Fsp3) is 0.0833. The number of methoxy groups -OCH3 is 1. The molecule has 16 heavy (non-hydrogen) atoms. The molecular weight excluding hydrogens is 270 g/mol. The van der Waals surface area contributed by atoms with Gasteiger partial charge in [0.15, 0.2) is 0 Å². The summed E-state index contributed by atoms with van der Waals surface area (Å²) < 4.78 is 7.48. The van der Waals surface area contributed by atoms with E-state index in [4.69, 9.17) is 4.74 Å². The topological polar surface area (TPSA) is 31.2 Å². The maximum absolute atomic E-state index is 11.6. The van der Waals surface area contributed by atoms with Crippen LogP contribution in [0.1, 0.15) is 10.4 Å². The molecule has 0 radical (unpaired) electrons. The molecule has 3 nitrogen and oxygen atoms in total. The van der Waals surface area contributed by atoms with E-state index in [-0.39, 0.29) is 5.97 Å². The summed E-state index contributed by atoms with van der Waals surface area (Å²) in [5.41, 5.74) is 1.33. The number of carbonyl (C=O) groups is 1.